The zero-order valence-corrected chi connectivity index (χ0v) is 17.7. The number of H-pyrrole nitrogens is 1. The van der Waals surface area contributed by atoms with Gasteiger partial charge < -0.3 is 10.3 Å². The molecule has 0 spiro atoms. The van der Waals surface area contributed by atoms with E-state index in [1.54, 1.807) is 0 Å². The third-order valence-corrected chi connectivity index (χ3v) is 5.67. The molecule has 0 aliphatic carbocycles. The van der Waals surface area contributed by atoms with Gasteiger partial charge in [-0.1, -0.05) is 70.2 Å². The highest BCUT2D eigenvalue weighted by molar-refractivity contribution is 9.10. The molecule has 0 radical (unpaired) electrons. The van der Waals surface area contributed by atoms with Crippen molar-refractivity contribution in [2.24, 2.45) is 0 Å². The molecule has 0 aliphatic heterocycles. The Balaban J connectivity index is 1.53. The number of aromatic nitrogens is 2. The lowest BCUT2D eigenvalue weighted by molar-refractivity contribution is -0.119. The van der Waals surface area contributed by atoms with Crippen molar-refractivity contribution in [3.05, 3.63) is 81.6 Å². The first-order valence-electron chi connectivity index (χ1n) is 8.78. The Bertz CT molecular complexity index is 894. The van der Waals surface area contributed by atoms with Gasteiger partial charge in [0.25, 0.3) is 0 Å². The average Bonchev–Trinajstić information content (AvgIpc) is 3.01. The van der Waals surface area contributed by atoms with Gasteiger partial charge in [-0.05, 0) is 37.1 Å². The van der Waals surface area contributed by atoms with Crippen molar-refractivity contribution in [2.45, 2.75) is 31.5 Å². The summed E-state index contributed by atoms with van der Waals surface area (Å²) in [5, 5.41) is 3.81. The predicted molar refractivity (Wildman–Crippen MR) is 114 cm³/mol. The number of carbonyl (C=O) groups excluding carboxylic acids is 1. The zero-order chi connectivity index (χ0) is 19.2. The average molecular weight is 444 g/mol. The van der Waals surface area contributed by atoms with Gasteiger partial charge in [0.15, 0.2) is 5.16 Å². The summed E-state index contributed by atoms with van der Waals surface area (Å²) in [5.41, 5.74) is 4.37. The number of imidazole rings is 1. The van der Waals surface area contributed by atoms with E-state index in [1.165, 1.54) is 17.3 Å². The van der Waals surface area contributed by atoms with Crippen molar-refractivity contribution >= 4 is 33.6 Å². The number of nitrogens with zero attached hydrogens (tertiary/aromatic N) is 1. The van der Waals surface area contributed by atoms with Gasteiger partial charge in [-0.2, -0.15) is 0 Å². The van der Waals surface area contributed by atoms with Crippen LogP contribution in [0, 0.1) is 6.92 Å². The van der Waals surface area contributed by atoms with E-state index in [9.17, 15) is 4.79 Å². The van der Waals surface area contributed by atoms with E-state index in [4.69, 9.17) is 0 Å². The number of benzene rings is 2. The van der Waals surface area contributed by atoms with Crippen LogP contribution in [0.1, 0.15) is 35.5 Å². The van der Waals surface area contributed by atoms with Crippen LogP contribution in [0.4, 0.5) is 0 Å². The summed E-state index contributed by atoms with van der Waals surface area (Å²) < 4.78 is 1.03. The Morgan fingerprint density at radius 2 is 1.89 bits per heavy atom. The summed E-state index contributed by atoms with van der Waals surface area (Å²) >= 11 is 4.85. The first-order chi connectivity index (χ1) is 13.0. The van der Waals surface area contributed by atoms with Gasteiger partial charge in [-0.25, -0.2) is 4.98 Å². The Morgan fingerprint density at radius 3 is 2.59 bits per heavy atom. The molecule has 0 aliphatic rings. The monoisotopic (exact) mass is 443 g/mol. The molecule has 2 N–H and O–H groups in total. The molecule has 140 valence electrons. The van der Waals surface area contributed by atoms with Crippen LogP contribution in [-0.4, -0.2) is 21.6 Å². The number of carbonyl (C=O) groups is 1. The van der Waals surface area contributed by atoms with E-state index in [0.717, 1.165) is 33.0 Å². The van der Waals surface area contributed by atoms with Crippen LogP contribution in [0.3, 0.4) is 0 Å². The minimum atomic E-state index is -0.0295. The molecule has 2 aromatic carbocycles. The number of amides is 1. The minimum Gasteiger partial charge on any atom is -0.349 e. The number of aryl methyl sites for hydroxylation is 1. The maximum absolute atomic E-state index is 12.3. The number of hydrogen-bond acceptors (Lipinski definition) is 3. The van der Waals surface area contributed by atoms with Crippen LogP contribution in [0.5, 0.6) is 0 Å². The van der Waals surface area contributed by atoms with Gasteiger partial charge in [0.05, 0.1) is 17.5 Å². The Morgan fingerprint density at radius 1 is 1.19 bits per heavy atom. The standard InChI is InChI=1S/C21H22BrN3OS/c1-14(17-8-10-18(22)11-9-17)23-20(26)13-27-21-24-15(2)19(25-21)12-16-6-4-3-5-7-16/h3-11,14H,12-13H2,1-2H3,(H,23,26)(H,24,25). The lowest BCUT2D eigenvalue weighted by Gasteiger charge is -2.14. The summed E-state index contributed by atoms with van der Waals surface area (Å²) in [4.78, 5) is 20.2. The topological polar surface area (TPSA) is 57.8 Å². The highest BCUT2D eigenvalue weighted by atomic mass is 79.9. The predicted octanol–water partition coefficient (Wildman–Crippen LogP) is 5.04. The molecule has 0 saturated carbocycles. The SMILES string of the molecule is Cc1[nH]c(SCC(=O)NC(C)c2ccc(Br)cc2)nc1Cc1ccccc1. The molecule has 6 heteroatoms. The summed E-state index contributed by atoms with van der Waals surface area (Å²) in [6, 6.07) is 18.2. The molecule has 1 aromatic heterocycles. The molecular weight excluding hydrogens is 422 g/mol. The smallest absolute Gasteiger partial charge is 0.230 e. The number of aromatic amines is 1. The van der Waals surface area contributed by atoms with Crippen molar-refractivity contribution in [3.8, 4) is 0 Å². The lowest BCUT2D eigenvalue weighted by Crippen LogP contribution is -2.28. The van der Waals surface area contributed by atoms with E-state index >= 15 is 0 Å². The first kappa shape index (κ1) is 19.7. The van der Waals surface area contributed by atoms with Crippen molar-refractivity contribution in [2.75, 3.05) is 5.75 Å². The van der Waals surface area contributed by atoms with Gasteiger partial charge in [-0.3, -0.25) is 4.79 Å². The van der Waals surface area contributed by atoms with Gasteiger partial charge in [0.1, 0.15) is 0 Å². The fourth-order valence-electron chi connectivity index (χ4n) is 2.75. The summed E-state index contributed by atoms with van der Waals surface area (Å²) in [7, 11) is 0. The number of hydrogen-bond donors (Lipinski definition) is 2. The third-order valence-electron chi connectivity index (χ3n) is 4.27. The normalized spacial score (nSPS) is 12.0. The maximum atomic E-state index is 12.3. The molecule has 1 amide bonds. The molecule has 3 rings (SSSR count). The van der Waals surface area contributed by atoms with Crippen molar-refractivity contribution in [1.29, 1.82) is 0 Å². The Hall–Kier alpha value is -2.05. The van der Waals surface area contributed by atoms with Crippen LogP contribution < -0.4 is 5.32 Å². The van der Waals surface area contributed by atoms with Gasteiger partial charge in [0.2, 0.25) is 5.91 Å². The largest absolute Gasteiger partial charge is 0.349 e. The fraction of sp³-hybridized carbons (Fsp3) is 0.238. The quantitative estimate of drug-likeness (QED) is 0.502. The molecule has 1 unspecified atom stereocenters. The molecule has 4 nitrogen and oxygen atoms in total. The molecule has 1 heterocycles. The zero-order valence-electron chi connectivity index (χ0n) is 15.3. The van der Waals surface area contributed by atoms with Crippen LogP contribution in [-0.2, 0) is 11.2 Å². The molecular formula is C21H22BrN3OS. The summed E-state index contributed by atoms with van der Waals surface area (Å²) in [5.74, 6) is 0.326. The first-order valence-corrected chi connectivity index (χ1v) is 10.6. The second kappa shape index (κ2) is 9.24. The summed E-state index contributed by atoms with van der Waals surface area (Å²) in [6.07, 6.45) is 0.788. The maximum Gasteiger partial charge on any atom is 0.230 e. The van der Waals surface area contributed by atoms with E-state index in [-0.39, 0.29) is 11.9 Å². The number of halogens is 1. The number of thioether (sulfide) groups is 1. The molecule has 0 saturated heterocycles. The van der Waals surface area contributed by atoms with E-state index in [2.05, 4.69) is 43.3 Å². The molecule has 0 fully saturated rings. The molecule has 27 heavy (non-hydrogen) atoms. The van der Waals surface area contributed by atoms with Gasteiger partial charge in [-0.15, -0.1) is 0 Å². The third kappa shape index (κ3) is 5.71. The molecule has 3 aromatic rings. The minimum absolute atomic E-state index is 0.00548. The Labute approximate surface area is 172 Å². The number of nitrogens with one attached hydrogen (secondary N) is 2. The lowest BCUT2D eigenvalue weighted by atomic mass is 10.1. The fourth-order valence-corrected chi connectivity index (χ4v) is 3.76. The van der Waals surface area contributed by atoms with Crippen LogP contribution in [0.25, 0.3) is 0 Å². The van der Waals surface area contributed by atoms with E-state index in [1.807, 2.05) is 56.3 Å². The van der Waals surface area contributed by atoms with E-state index < -0.39 is 0 Å². The van der Waals surface area contributed by atoms with E-state index in [0.29, 0.717) is 5.75 Å². The Kier molecular flexibility index (Phi) is 6.74. The second-order valence-corrected chi connectivity index (χ2v) is 8.29. The molecule has 0 bridgehead atoms. The number of rotatable bonds is 7. The highest BCUT2D eigenvalue weighted by Crippen LogP contribution is 2.20. The van der Waals surface area contributed by atoms with Crippen molar-refractivity contribution in [1.82, 2.24) is 15.3 Å². The van der Waals surface area contributed by atoms with Crippen LogP contribution in [0.2, 0.25) is 0 Å². The summed E-state index contributed by atoms with van der Waals surface area (Å²) in [6.45, 7) is 4.01. The van der Waals surface area contributed by atoms with Gasteiger partial charge in [0, 0.05) is 16.6 Å². The second-order valence-electron chi connectivity index (χ2n) is 6.41. The van der Waals surface area contributed by atoms with Crippen molar-refractivity contribution < 1.29 is 4.79 Å². The van der Waals surface area contributed by atoms with Crippen molar-refractivity contribution in [3.63, 3.8) is 0 Å². The molecule has 1 atom stereocenters. The van der Waals surface area contributed by atoms with Gasteiger partial charge >= 0.3 is 0 Å². The van der Waals surface area contributed by atoms with Crippen LogP contribution in [0.15, 0.2) is 64.2 Å². The van der Waals surface area contributed by atoms with Crippen LogP contribution >= 0.6 is 27.7 Å². The highest BCUT2D eigenvalue weighted by Gasteiger charge is 2.12.